The smallest absolute Gasteiger partial charge is 0.445 e. The molecule has 2 aliphatic rings. The van der Waals surface area contributed by atoms with E-state index in [2.05, 4.69) is 30.7 Å². The van der Waals surface area contributed by atoms with Crippen molar-refractivity contribution >= 4 is 45.2 Å². The Morgan fingerprint density at radius 2 is 2.04 bits per heavy atom. The molecule has 1 unspecified atom stereocenters. The van der Waals surface area contributed by atoms with E-state index in [0.717, 1.165) is 7.11 Å². The van der Waals surface area contributed by atoms with Gasteiger partial charge in [0, 0.05) is 21.3 Å². The average Bonchev–Trinajstić information content (AvgIpc) is 2.59. The first-order chi connectivity index (χ1) is 12.2. The quantitative estimate of drug-likeness (QED) is 0.642. The molecule has 0 aromatic heterocycles. The molecule has 2 heterocycles. The van der Waals surface area contributed by atoms with Gasteiger partial charge in [0.05, 0.1) is 7.11 Å². The van der Waals surface area contributed by atoms with Gasteiger partial charge in [-0.15, -0.1) is 0 Å². The Labute approximate surface area is 159 Å². The lowest BCUT2D eigenvalue weighted by molar-refractivity contribution is -0.202. The third kappa shape index (κ3) is 3.05. The fraction of sp³-hybridized carbons (Fsp3) is 0.188. The highest BCUT2D eigenvalue weighted by Crippen LogP contribution is 2.40. The number of benzene rings is 1. The van der Waals surface area contributed by atoms with Gasteiger partial charge in [-0.1, -0.05) is 23.7 Å². The van der Waals surface area contributed by atoms with Crippen molar-refractivity contribution in [1.82, 2.24) is 4.90 Å². The van der Waals surface area contributed by atoms with E-state index in [1.807, 2.05) is 0 Å². The van der Waals surface area contributed by atoms with Crippen molar-refractivity contribution in [3.8, 4) is 0 Å². The van der Waals surface area contributed by atoms with Crippen LogP contribution in [0.1, 0.15) is 5.56 Å². The molecule has 0 spiro atoms. The molecule has 0 radical (unpaired) electrons. The minimum atomic E-state index is -5.10. The van der Waals surface area contributed by atoms with Crippen molar-refractivity contribution in [3.63, 3.8) is 0 Å². The molecule has 2 aliphatic heterocycles. The molecule has 1 aromatic rings. The highest BCUT2D eigenvalue weighted by atomic mass is 79.9. The molecule has 0 bridgehead atoms. The van der Waals surface area contributed by atoms with Crippen molar-refractivity contribution in [3.05, 3.63) is 57.7 Å². The van der Waals surface area contributed by atoms with Crippen LogP contribution in [0.3, 0.4) is 0 Å². The Morgan fingerprint density at radius 3 is 2.65 bits per heavy atom. The van der Waals surface area contributed by atoms with Gasteiger partial charge < -0.3 is 4.74 Å². The van der Waals surface area contributed by atoms with Gasteiger partial charge in [0.25, 0.3) is 0 Å². The molecule has 1 atom stereocenters. The van der Waals surface area contributed by atoms with Crippen LogP contribution >= 0.6 is 27.5 Å². The van der Waals surface area contributed by atoms with Crippen LogP contribution in [0.15, 0.2) is 57.1 Å². The Kier molecular flexibility index (Phi) is 4.70. The Morgan fingerprint density at radius 1 is 1.31 bits per heavy atom. The van der Waals surface area contributed by atoms with E-state index in [1.54, 1.807) is 12.1 Å². The second-order valence-electron chi connectivity index (χ2n) is 5.29. The van der Waals surface area contributed by atoms with Gasteiger partial charge in [-0.05, 0) is 40.2 Å². The largest absolute Gasteiger partial charge is 0.465 e. The summed E-state index contributed by atoms with van der Waals surface area (Å²) in [7, 11) is 0.851. The lowest BCUT2D eigenvalue weighted by Crippen LogP contribution is -2.55. The monoisotopic (exact) mass is 447 g/mol. The van der Waals surface area contributed by atoms with Gasteiger partial charge in [0.1, 0.15) is 11.7 Å². The van der Waals surface area contributed by atoms with Crippen LogP contribution in [0, 0.1) is 0 Å². The SMILES string of the molecule is COC(=O)C1(C(F)(F)F)N=C2C=CC(Br)=CN2C(c2cccc(Cl)c2)=N1. The topological polar surface area (TPSA) is 54.3 Å². The standard InChI is InChI=1S/C16H10BrClF3N3O2/c1-26-14(25)15(16(19,20)21)22-12-6-5-10(17)8-24(12)13(23-15)9-3-2-4-11(18)7-9/h2-8H,1H3. The number of rotatable bonds is 2. The Bertz CT molecular complexity index is 895. The van der Waals surface area contributed by atoms with Crippen LogP contribution < -0.4 is 0 Å². The number of hydrogen-bond donors (Lipinski definition) is 0. The van der Waals surface area contributed by atoms with Gasteiger partial charge in [-0.25, -0.2) is 14.8 Å². The summed E-state index contributed by atoms with van der Waals surface area (Å²) in [6.45, 7) is 0. The van der Waals surface area contributed by atoms with Gasteiger partial charge >= 0.3 is 17.8 Å². The summed E-state index contributed by atoms with van der Waals surface area (Å²) in [6, 6.07) is 6.12. The zero-order chi connectivity index (χ0) is 19.1. The lowest BCUT2D eigenvalue weighted by Gasteiger charge is -2.36. The molecule has 0 saturated carbocycles. The normalized spacial score (nSPS) is 22.2. The van der Waals surface area contributed by atoms with E-state index in [4.69, 9.17) is 11.6 Å². The third-order valence-corrected chi connectivity index (χ3v) is 4.32. The summed E-state index contributed by atoms with van der Waals surface area (Å²) in [6.07, 6.45) is -0.757. The van der Waals surface area contributed by atoms with E-state index in [9.17, 15) is 18.0 Å². The van der Waals surface area contributed by atoms with Gasteiger partial charge in [-0.3, -0.25) is 4.90 Å². The van der Waals surface area contributed by atoms with Gasteiger partial charge in [0.15, 0.2) is 0 Å². The number of hydrogen-bond acceptors (Lipinski definition) is 5. The zero-order valence-electron chi connectivity index (χ0n) is 13.1. The number of halogens is 5. The maximum Gasteiger partial charge on any atom is 0.445 e. The number of alkyl halides is 3. The highest BCUT2D eigenvalue weighted by Gasteiger charge is 2.64. The molecule has 0 aliphatic carbocycles. The number of ether oxygens (including phenoxy) is 1. The van der Waals surface area contributed by atoms with E-state index in [1.165, 1.54) is 35.4 Å². The number of carbonyl (C=O) groups excluding carboxylic acids is 1. The molecule has 0 fully saturated rings. The van der Waals surface area contributed by atoms with E-state index in [-0.39, 0.29) is 17.2 Å². The molecule has 1 aromatic carbocycles. The van der Waals surface area contributed by atoms with Crippen LogP contribution in [0.4, 0.5) is 13.2 Å². The number of allylic oxidation sites excluding steroid dienone is 2. The maximum atomic E-state index is 13.8. The predicted molar refractivity (Wildman–Crippen MR) is 94.2 cm³/mol. The molecule has 0 saturated heterocycles. The van der Waals surface area contributed by atoms with Crippen molar-refractivity contribution < 1.29 is 22.7 Å². The maximum absolute atomic E-state index is 13.8. The van der Waals surface area contributed by atoms with Gasteiger partial charge in [-0.2, -0.15) is 13.2 Å². The van der Waals surface area contributed by atoms with Crippen molar-refractivity contribution in [2.75, 3.05) is 7.11 Å². The van der Waals surface area contributed by atoms with Crippen LogP contribution in [-0.4, -0.2) is 41.5 Å². The lowest BCUT2D eigenvalue weighted by atomic mass is 10.1. The van der Waals surface area contributed by atoms with E-state index < -0.39 is 17.8 Å². The summed E-state index contributed by atoms with van der Waals surface area (Å²) in [4.78, 5) is 20.7. The number of fused-ring (bicyclic) bond motifs is 1. The molecule has 0 N–H and O–H groups in total. The number of nitrogens with zero attached hydrogens (tertiary/aromatic N) is 3. The minimum absolute atomic E-state index is 0.110. The molecule has 26 heavy (non-hydrogen) atoms. The van der Waals surface area contributed by atoms with E-state index >= 15 is 0 Å². The second-order valence-corrected chi connectivity index (χ2v) is 6.65. The van der Waals surface area contributed by atoms with Crippen molar-refractivity contribution in [2.45, 2.75) is 11.8 Å². The van der Waals surface area contributed by atoms with Crippen LogP contribution in [0.2, 0.25) is 5.02 Å². The molecule has 0 amide bonds. The van der Waals surface area contributed by atoms with E-state index in [0.29, 0.717) is 9.51 Å². The Balaban J connectivity index is 2.29. The van der Waals surface area contributed by atoms with Crippen molar-refractivity contribution in [1.29, 1.82) is 0 Å². The summed E-state index contributed by atoms with van der Waals surface area (Å²) < 4.78 is 46.4. The number of amidine groups is 2. The first-order valence-electron chi connectivity index (χ1n) is 7.13. The third-order valence-electron chi connectivity index (χ3n) is 3.61. The van der Waals surface area contributed by atoms with Crippen LogP contribution in [0.25, 0.3) is 0 Å². The summed E-state index contributed by atoms with van der Waals surface area (Å²) in [5.41, 5.74) is -3.11. The first kappa shape index (κ1) is 18.7. The minimum Gasteiger partial charge on any atom is -0.465 e. The highest BCUT2D eigenvalue weighted by molar-refractivity contribution is 9.11. The molecule has 5 nitrogen and oxygen atoms in total. The molecular formula is C16H10BrClF3N3O2. The number of aliphatic imine (C=N–C) groups is 2. The summed E-state index contributed by atoms with van der Waals surface area (Å²) in [5.74, 6) is -1.87. The summed E-state index contributed by atoms with van der Waals surface area (Å²) in [5, 5.41) is 0.306. The number of esters is 1. The molecule has 3 rings (SSSR count). The number of methoxy groups -OCH3 is 1. The van der Waals surface area contributed by atoms with Crippen LogP contribution in [-0.2, 0) is 9.53 Å². The number of carbonyl (C=O) groups is 1. The predicted octanol–water partition coefficient (Wildman–Crippen LogP) is 4.04. The fourth-order valence-corrected chi connectivity index (χ4v) is 2.96. The molecule has 10 heteroatoms. The second kappa shape index (κ2) is 6.55. The zero-order valence-corrected chi connectivity index (χ0v) is 15.4. The Hall–Kier alpha value is -2.13. The molecule has 136 valence electrons. The fourth-order valence-electron chi connectivity index (χ4n) is 2.43. The molecular weight excluding hydrogens is 439 g/mol. The summed E-state index contributed by atoms with van der Waals surface area (Å²) >= 11 is 9.22. The van der Waals surface area contributed by atoms with Crippen molar-refractivity contribution in [2.24, 2.45) is 9.98 Å². The first-order valence-corrected chi connectivity index (χ1v) is 8.30. The van der Waals surface area contributed by atoms with Crippen LogP contribution in [0.5, 0.6) is 0 Å². The van der Waals surface area contributed by atoms with Gasteiger partial charge in [0.2, 0.25) is 0 Å². The average molecular weight is 449 g/mol.